The first kappa shape index (κ1) is 13.4. The molecule has 2 aromatic rings. The van der Waals surface area contributed by atoms with Crippen LogP contribution in [0.5, 0.6) is 0 Å². The average Bonchev–Trinajstić information content (AvgIpc) is 2.81. The van der Waals surface area contributed by atoms with Crippen LogP contribution in [0.3, 0.4) is 0 Å². The van der Waals surface area contributed by atoms with Crippen molar-refractivity contribution in [2.24, 2.45) is 0 Å². The smallest absolute Gasteiger partial charge is 0.0817 e. The molecule has 5 heteroatoms. The van der Waals surface area contributed by atoms with Gasteiger partial charge in [0.1, 0.15) is 0 Å². The highest BCUT2D eigenvalue weighted by molar-refractivity contribution is 6.42. The van der Waals surface area contributed by atoms with Gasteiger partial charge in [-0.3, -0.25) is 4.68 Å². The molecule has 1 aromatic carbocycles. The molecule has 96 valence electrons. The van der Waals surface area contributed by atoms with Crippen LogP contribution in [0.25, 0.3) is 0 Å². The SMILES string of the molecule is CCC(O)c1cnn(Cc2ccc(Cl)c(Cl)c2)c1. The molecular weight excluding hydrogens is 271 g/mol. The molecule has 0 amide bonds. The van der Waals surface area contributed by atoms with Gasteiger partial charge in [0.25, 0.3) is 0 Å². The minimum absolute atomic E-state index is 0.451. The van der Waals surface area contributed by atoms with Gasteiger partial charge in [0.2, 0.25) is 0 Å². The van der Waals surface area contributed by atoms with Crippen LogP contribution in [0, 0.1) is 0 Å². The van der Waals surface area contributed by atoms with Crippen molar-refractivity contribution in [2.75, 3.05) is 0 Å². The first-order valence-electron chi connectivity index (χ1n) is 5.74. The predicted molar refractivity (Wildman–Crippen MR) is 73.0 cm³/mol. The van der Waals surface area contributed by atoms with E-state index in [1.807, 2.05) is 25.3 Å². The maximum atomic E-state index is 9.70. The van der Waals surface area contributed by atoms with Gasteiger partial charge in [-0.1, -0.05) is 36.2 Å². The molecule has 1 aromatic heterocycles. The van der Waals surface area contributed by atoms with Crippen LogP contribution in [0.2, 0.25) is 10.0 Å². The summed E-state index contributed by atoms with van der Waals surface area (Å²) >= 11 is 11.8. The molecular formula is C13H14Cl2N2O. The standard InChI is InChI=1S/C13H14Cl2N2O/c1-2-13(18)10-6-16-17(8-10)7-9-3-4-11(14)12(15)5-9/h3-6,8,13,18H,2,7H2,1H3. The van der Waals surface area contributed by atoms with Crippen molar-refractivity contribution in [1.29, 1.82) is 0 Å². The van der Waals surface area contributed by atoms with E-state index in [4.69, 9.17) is 23.2 Å². The Labute approximate surface area is 116 Å². The third kappa shape index (κ3) is 3.05. The van der Waals surface area contributed by atoms with Crippen LogP contribution in [0.15, 0.2) is 30.6 Å². The van der Waals surface area contributed by atoms with Crippen molar-refractivity contribution >= 4 is 23.2 Å². The molecule has 0 saturated carbocycles. The van der Waals surface area contributed by atoms with Gasteiger partial charge in [-0.15, -0.1) is 0 Å². The van der Waals surface area contributed by atoms with Crippen LogP contribution in [-0.4, -0.2) is 14.9 Å². The van der Waals surface area contributed by atoms with E-state index in [9.17, 15) is 5.11 Å². The van der Waals surface area contributed by atoms with Crippen LogP contribution < -0.4 is 0 Å². The molecule has 0 radical (unpaired) electrons. The van der Waals surface area contributed by atoms with Crippen molar-refractivity contribution in [1.82, 2.24) is 9.78 Å². The Balaban J connectivity index is 2.13. The molecule has 0 spiro atoms. The molecule has 0 aliphatic heterocycles. The quantitative estimate of drug-likeness (QED) is 0.930. The summed E-state index contributed by atoms with van der Waals surface area (Å²) in [5.74, 6) is 0. The lowest BCUT2D eigenvalue weighted by atomic mass is 10.1. The van der Waals surface area contributed by atoms with Crippen LogP contribution in [0.1, 0.15) is 30.6 Å². The van der Waals surface area contributed by atoms with E-state index in [-0.39, 0.29) is 0 Å². The first-order valence-corrected chi connectivity index (χ1v) is 6.50. The number of rotatable bonds is 4. The molecule has 1 atom stereocenters. The third-order valence-electron chi connectivity index (χ3n) is 2.75. The largest absolute Gasteiger partial charge is 0.388 e. The fourth-order valence-corrected chi connectivity index (χ4v) is 2.02. The lowest BCUT2D eigenvalue weighted by molar-refractivity contribution is 0.173. The van der Waals surface area contributed by atoms with Gasteiger partial charge in [0.05, 0.1) is 28.9 Å². The molecule has 0 bridgehead atoms. The summed E-state index contributed by atoms with van der Waals surface area (Å²) in [7, 11) is 0. The maximum Gasteiger partial charge on any atom is 0.0817 e. The summed E-state index contributed by atoms with van der Waals surface area (Å²) in [6, 6.07) is 5.50. The normalized spacial score (nSPS) is 12.7. The Morgan fingerprint density at radius 1 is 1.33 bits per heavy atom. The van der Waals surface area contributed by atoms with Gasteiger partial charge in [0.15, 0.2) is 0 Å². The van der Waals surface area contributed by atoms with Crippen LogP contribution >= 0.6 is 23.2 Å². The highest BCUT2D eigenvalue weighted by Crippen LogP contribution is 2.23. The van der Waals surface area contributed by atoms with Crippen LogP contribution in [-0.2, 0) is 6.54 Å². The topological polar surface area (TPSA) is 38.1 Å². The number of hydrogen-bond donors (Lipinski definition) is 1. The van der Waals surface area contributed by atoms with E-state index in [2.05, 4.69) is 5.10 Å². The Morgan fingerprint density at radius 2 is 2.11 bits per heavy atom. The van der Waals surface area contributed by atoms with E-state index in [1.54, 1.807) is 16.9 Å². The minimum atomic E-state index is -0.451. The number of nitrogens with zero attached hydrogens (tertiary/aromatic N) is 2. The summed E-state index contributed by atoms with van der Waals surface area (Å²) in [6.45, 7) is 2.54. The second-order valence-corrected chi connectivity index (χ2v) is 4.96. The minimum Gasteiger partial charge on any atom is -0.388 e. The van der Waals surface area contributed by atoms with E-state index in [0.29, 0.717) is 23.0 Å². The van der Waals surface area contributed by atoms with Crippen molar-refractivity contribution in [3.05, 3.63) is 51.8 Å². The summed E-state index contributed by atoms with van der Waals surface area (Å²) in [4.78, 5) is 0. The fraction of sp³-hybridized carbons (Fsp3) is 0.308. The van der Waals surface area contributed by atoms with Crippen LogP contribution in [0.4, 0.5) is 0 Å². The van der Waals surface area contributed by atoms with Crippen molar-refractivity contribution in [3.8, 4) is 0 Å². The molecule has 1 heterocycles. The summed E-state index contributed by atoms with van der Waals surface area (Å²) in [5.41, 5.74) is 1.85. The second kappa shape index (κ2) is 5.74. The van der Waals surface area contributed by atoms with Crippen molar-refractivity contribution < 1.29 is 5.11 Å². The number of aromatic nitrogens is 2. The number of halogens is 2. The Kier molecular flexibility index (Phi) is 4.27. The molecule has 0 aliphatic rings. The van der Waals surface area contributed by atoms with Crippen molar-refractivity contribution in [2.45, 2.75) is 26.0 Å². The van der Waals surface area contributed by atoms with E-state index in [0.717, 1.165) is 11.1 Å². The zero-order chi connectivity index (χ0) is 13.1. The van der Waals surface area contributed by atoms with E-state index in [1.165, 1.54) is 0 Å². The highest BCUT2D eigenvalue weighted by Gasteiger charge is 2.08. The van der Waals surface area contributed by atoms with Gasteiger partial charge < -0.3 is 5.11 Å². The Hall–Kier alpha value is -1.03. The zero-order valence-electron chi connectivity index (χ0n) is 9.98. The first-order chi connectivity index (χ1) is 8.60. The lowest BCUT2D eigenvalue weighted by Gasteiger charge is -2.04. The molecule has 3 nitrogen and oxygen atoms in total. The summed E-state index contributed by atoms with van der Waals surface area (Å²) < 4.78 is 1.77. The van der Waals surface area contributed by atoms with Gasteiger partial charge in [-0.05, 0) is 24.1 Å². The maximum absolute atomic E-state index is 9.70. The number of aliphatic hydroxyl groups is 1. The van der Waals surface area contributed by atoms with E-state index >= 15 is 0 Å². The molecule has 0 fully saturated rings. The van der Waals surface area contributed by atoms with Gasteiger partial charge in [-0.2, -0.15) is 5.10 Å². The second-order valence-electron chi connectivity index (χ2n) is 4.14. The monoisotopic (exact) mass is 284 g/mol. The molecule has 18 heavy (non-hydrogen) atoms. The molecule has 1 unspecified atom stereocenters. The molecule has 2 rings (SSSR count). The highest BCUT2D eigenvalue weighted by atomic mass is 35.5. The molecule has 0 saturated heterocycles. The number of hydrogen-bond acceptors (Lipinski definition) is 2. The predicted octanol–water partition coefficient (Wildman–Crippen LogP) is 3.68. The van der Waals surface area contributed by atoms with Crippen molar-refractivity contribution in [3.63, 3.8) is 0 Å². The molecule has 1 N–H and O–H groups in total. The van der Waals surface area contributed by atoms with E-state index < -0.39 is 6.10 Å². The lowest BCUT2D eigenvalue weighted by Crippen LogP contribution is -2.00. The van der Waals surface area contributed by atoms with Gasteiger partial charge in [0, 0.05) is 11.8 Å². The average molecular weight is 285 g/mol. The van der Waals surface area contributed by atoms with Gasteiger partial charge >= 0.3 is 0 Å². The Bertz CT molecular complexity index is 540. The third-order valence-corrected chi connectivity index (χ3v) is 3.49. The fourth-order valence-electron chi connectivity index (χ4n) is 1.70. The number of aliphatic hydroxyl groups excluding tert-OH is 1. The molecule has 0 aliphatic carbocycles. The summed E-state index contributed by atoms with van der Waals surface area (Å²) in [5, 5.41) is 15.0. The van der Waals surface area contributed by atoms with Gasteiger partial charge in [-0.25, -0.2) is 0 Å². The Morgan fingerprint density at radius 3 is 2.78 bits per heavy atom. The number of benzene rings is 1. The zero-order valence-corrected chi connectivity index (χ0v) is 11.5. The summed E-state index contributed by atoms with van der Waals surface area (Å²) in [6.07, 6.45) is 3.76.